The van der Waals surface area contributed by atoms with Gasteiger partial charge in [-0.1, -0.05) is 23.6 Å². The molecule has 2 N–H and O–H groups in total. The Morgan fingerprint density at radius 1 is 1.27 bits per heavy atom. The maximum atomic E-state index is 13.1. The molecule has 5 rings (SSSR count). The third-order valence-corrected chi connectivity index (χ3v) is 7.13. The average molecular weight is 520 g/mol. The highest BCUT2D eigenvalue weighted by Gasteiger charge is 2.30. The number of aromatic amines is 1. The zero-order valence-electron chi connectivity index (χ0n) is 21.2. The fourth-order valence-corrected chi connectivity index (χ4v) is 5.25. The lowest BCUT2D eigenvalue weighted by Crippen LogP contribution is -2.53. The molecular formula is C28H30ClN5O3. The van der Waals surface area contributed by atoms with Crippen LogP contribution in [0.1, 0.15) is 31.5 Å². The number of anilines is 2. The molecule has 0 radical (unpaired) electrons. The summed E-state index contributed by atoms with van der Waals surface area (Å²) in [7, 11) is 1.56. The fourth-order valence-electron chi connectivity index (χ4n) is 5.01. The van der Waals surface area contributed by atoms with Gasteiger partial charge in [0.2, 0.25) is 0 Å². The molecule has 1 fully saturated rings. The fraction of sp³-hybridized carbons (Fsp3) is 0.357. The smallest absolute Gasteiger partial charge is 0.320 e. The van der Waals surface area contributed by atoms with E-state index < -0.39 is 0 Å². The topological polar surface area (TPSA) is 82.7 Å². The van der Waals surface area contributed by atoms with Crippen LogP contribution in [0.3, 0.4) is 0 Å². The number of nitrogens with zero attached hydrogens (tertiary/aromatic N) is 3. The molecule has 2 amide bonds. The molecule has 0 aliphatic carbocycles. The van der Waals surface area contributed by atoms with E-state index in [1.165, 1.54) is 5.57 Å². The van der Waals surface area contributed by atoms with Crippen LogP contribution >= 0.6 is 11.6 Å². The second kappa shape index (κ2) is 10.4. The Hall–Kier alpha value is -3.67. The number of urea groups is 1. The molecule has 0 saturated carbocycles. The molecule has 8 nitrogen and oxygen atoms in total. The van der Waals surface area contributed by atoms with E-state index in [1.54, 1.807) is 13.3 Å². The summed E-state index contributed by atoms with van der Waals surface area (Å²) < 4.78 is 11.2. The molecular weight excluding hydrogens is 490 g/mol. The van der Waals surface area contributed by atoms with Gasteiger partial charge in [0.15, 0.2) is 0 Å². The number of nitrogens with one attached hydrogen (secondary N) is 2. The summed E-state index contributed by atoms with van der Waals surface area (Å²) in [6, 6.07) is 7.71. The number of terminal acetylenes is 1. The van der Waals surface area contributed by atoms with Crippen molar-refractivity contribution in [3.05, 3.63) is 52.8 Å². The molecule has 1 aromatic carbocycles. The molecule has 2 aliphatic rings. The van der Waals surface area contributed by atoms with Crippen molar-refractivity contribution in [1.29, 1.82) is 0 Å². The predicted octanol–water partition coefficient (Wildman–Crippen LogP) is 5.27. The molecule has 0 bridgehead atoms. The van der Waals surface area contributed by atoms with E-state index in [1.807, 2.05) is 41.8 Å². The number of hydrogen-bond acceptors (Lipinski definition) is 5. The number of benzene rings is 1. The van der Waals surface area contributed by atoms with E-state index in [0.29, 0.717) is 42.5 Å². The molecule has 0 spiro atoms. The van der Waals surface area contributed by atoms with Crippen molar-refractivity contribution in [2.75, 3.05) is 38.6 Å². The number of carbonyl (C=O) groups excluding carboxylic acids is 1. The standard InChI is InChI=1S/C28H30ClN5O3/c1-5-19-12-21(13-25(36-4)26(19)29)31-23-6-9-30-27-22(23)14-24(32-27)20-7-10-33(11-8-20)28(35)34-15-17(2)37-18(3)16-34/h1,6-7,9,12-14,17-18H,8,10-11,15-16H2,2-4H3,(H2,30,31,32)/t17-,18+. The van der Waals surface area contributed by atoms with Crippen LogP contribution in [0.5, 0.6) is 5.75 Å². The Kier molecular flexibility index (Phi) is 7.00. The Morgan fingerprint density at radius 3 is 2.73 bits per heavy atom. The SMILES string of the molecule is C#Cc1cc(Nc2ccnc3[nH]c(C4=CCN(C(=O)N5C[C@@H](C)O[C@@H](C)C5)CC4)cc23)cc(OC)c1Cl. The van der Waals surface area contributed by atoms with Crippen molar-refractivity contribution in [2.24, 2.45) is 0 Å². The maximum absolute atomic E-state index is 13.1. The highest BCUT2D eigenvalue weighted by Crippen LogP contribution is 2.35. The lowest BCUT2D eigenvalue weighted by atomic mass is 10.0. The normalized spacial score (nSPS) is 19.9. The van der Waals surface area contributed by atoms with Crippen molar-refractivity contribution >= 4 is 45.6 Å². The number of carbonyl (C=O) groups is 1. The van der Waals surface area contributed by atoms with E-state index in [4.69, 9.17) is 27.5 Å². The highest BCUT2D eigenvalue weighted by atomic mass is 35.5. The first-order chi connectivity index (χ1) is 17.9. The number of amides is 2. The number of H-pyrrole nitrogens is 1. The largest absolute Gasteiger partial charge is 0.495 e. The summed E-state index contributed by atoms with van der Waals surface area (Å²) >= 11 is 6.31. The van der Waals surface area contributed by atoms with Crippen LogP contribution in [0, 0.1) is 12.3 Å². The van der Waals surface area contributed by atoms with E-state index in [-0.39, 0.29) is 18.2 Å². The summed E-state index contributed by atoms with van der Waals surface area (Å²) in [5.41, 5.74) is 5.13. The number of pyridine rings is 1. The van der Waals surface area contributed by atoms with Gasteiger partial charge in [-0.05, 0) is 44.0 Å². The number of methoxy groups -OCH3 is 1. The minimum Gasteiger partial charge on any atom is -0.495 e. The van der Waals surface area contributed by atoms with E-state index in [2.05, 4.69) is 33.3 Å². The third-order valence-electron chi connectivity index (χ3n) is 6.74. The lowest BCUT2D eigenvalue weighted by molar-refractivity contribution is -0.0579. The van der Waals surface area contributed by atoms with Crippen molar-refractivity contribution in [1.82, 2.24) is 19.8 Å². The van der Waals surface area contributed by atoms with Gasteiger partial charge >= 0.3 is 6.03 Å². The highest BCUT2D eigenvalue weighted by molar-refractivity contribution is 6.33. The van der Waals surface area contributed by atoms with Crippen LogP contribution in [-0.4, -0.2) is 71.3 Å². The van der Waals surface area contributed by atoms with E-state index >= 15 is 0 Å². The van der Waals surface area contributed by atoms with E-state index in [9.17, 15) is 4.79 Å². The number of fused-ring (bicyclic) bond motifs is 1. The molecule has 1 saturated heterocycles. The molecule has 4 heterocycles. The van der Waals surface area contributed by atoms with Crippen molar-refractivity contribution < 1.29 is 14.3 Å². The van der Waals surface area contributed by atoms with Crippen LogP contribution < -0.4 is 10.1 Å². The minimum absolute atomic E-state index is 0.0531. The Balaban J connectivity index is 1.35. The summed E-state index contributed by atoms with van der Waals surface area (Å²) in [6.07, 6.45) is 10.4. The minimum atomic E-state index is 0.0531. The van der Waals surface area contributed by atoms with Gasteiger partial charge in [0, 0.05) is 60.8 Å². The number of halogens is 1. The average Bonchev–Trinajstić information content (AvgIpc) is 3.34. The van der Waals surface area contributed by atoms with Crippen molar-refractivity contribution in [2.45, 2.75) is 32.5 Å². The Bertz CT molecular complexity index is 1400. The Labute approximate surface area is 221 Å². The third kappa shape index (κ3) is 5.10. The second-order valence-electron chi connectivity index (χ2n) is 9.48. The van der Waals surface area contributed by atoms with Crippen LogP contribution in [0.2, 0.25) is 5.02 Å². The molecule has 37 heavy (non-hydrogen) atoms. The summed E-state index contributed by atoms with van der Waals surface area (Å²) in [5, 5.41) is 4.78. The monoisotopic (exact) mass is 519 g/mol. The molecule has 2 aliphatic heterocycles. The predicted molar refractivity (Wildman–Crippen MR) is 146 cm³/mol. The lowest BCUT2D eigenvalue weighted by Gasteiger charge is -2.39. The number of aromatic nitrogens is 2. The summed E-state index contributed by atoms with van der Waals surface area (Å²) in [6.45, 7) is 6.51. The van der Waals surface area contributed by atoms with Gasteiger partial charge in [0.05, 0.1) is 30.0 Å². The van der Waals surface area contributed by atoms with Crippen LogP contribution in [0.15, 0.2) is 36.5 Å². The number of morpholine rings is 1. The van der Waals surface area contributed by atoms with Crippen molar-refractivity contribution in [3.8, 4) is 18.1 Å². The molecule has 2 aromatic heterocycles. The van der Waals surface area contributed by atoms with E-state index in [0.717, 1.165) is 34.5 Å². The molecule has 192 valence electrons. The van der Waals surface area contributed by atoms with Crippen LogP contribution in [0.25, 0.3) is 16.6 Å². The van der Waals surface area contributed by atoms with Crippen LogP contribution in [0.4, 0.5) is 16.2 Å². The first-order valence-corrected chi connectivity index (χ1v) is 12.7. The quantitative estimate of drug-likeness (QED) is 0.459. The van der Waals surface area contributed by atoms with Gasteiger partial charge in [-0.3, -0.25) is 0 Å². The van der Waals surface area contributed by atoms with Gasteiger partial charge in [0.1, 0.15) is 11.4 Å². The van der Waals surface area contributed by atoms with Gasteiger partial charge < -0.3 is 29.6 Å². The summed E-state index contributed by atoms with van der Waals surface area (Å²) in [5.74, 6) is 3.11. The summed E-state index contributed by atoms with van der Waals surface area (Å²) in [4.78, 5) is 24.8. The van der Waals surface area contributed by atoms with Crippen molar-refractivity contribution in [3.63, 3.8) is 0 Å². The number of hydrogen-bond donors (Lipinski definition) is 2. The number of rotatable bonds is 4. The zero-order valence-corrected chi connectivity index (χ0v) is 21.9. The molecule has 9 heteroatoms. The first-order valence-electron chi connectivity index (χ1n) is 12.3. The maximum Gasteiger partial charge on any atom is 0.320 e. The zero-order chi connectivity index (χ0) is 26.1. The first kappa shape index (κ1) is 25.0. The molecule has 3 aromatic rings. The number of ether oxygens (including phenoxy) is 2. The molecule has 0 unspecified atom stereocenters. The second-order valence-corrected chi connectivity index (χ2v) is 9.86. The Morgan fingerprint density at radius 2 is 2.05 bits per heavy atom. The van der Waals surface area contributed by atoms with Gasteiger partial charge in [-0.25, -0.2) is 9.78 Å². The van der Waals surface area contributed by atoms with Gasteiger partial charge in [-0.2, -0.15) is 0 Å². The van der Waals surface area contributed by atoms with Gasteiger partial charge in [-0.15, -0.1) is 6.42 Å². The molecule has 2 atom stereocenters. The van der Waals surface area contributed by atoms with Gasteiger partial charge in [0.25, 0.3) is 0 Å². The van der Waals surface area contributed by atoms with Crippen LogP contribution in [-0.2, 0) is 4.74 Å².